The number of carboxylic acids is 1. The molecule has 2 heterocycles. The van der Waals surface area contributed by atoms with Crippen molar-refractivity contribution in [2.45, 2.75) is 89.9 Å². The van der Waals surface area contributed by atoms with Crippen LogP contribution in [-0.2, 0) is 36.9 Å². The van der Waals surface area contributed by atoms with Crippen molar-refractivity contribution in [2.24, 2.45) is 5.92 Å². The van der Waals surface area contributed by atoms with Gasteiger partial charge in [-0.15, -0.1) is 0 Å². The summed E-state index contributed by atoms with van der Waals surface area (Å²) < 4.78 is 0. The van der Waals surface area contributed by atoms with Gasteiger partial charge in [0.25, 0.3) is 0 Å². The van der Waals surface area contributed by atoms with Crippen molar-refractivity contribution in [1.29, 1.82) is 0 Å². The summed E-state index contributed by atoms with van der Waals surface area (Å²) in [4.78, 5) is 75.0. The van der Waals surface area contributed by atoms with E-state index in [2.05, 4.69) is 47.3 Å². The number of nitrogens with zero attached hydrogens (tertiary/aromatic N) is 2. The van der Waals surface area contributed by atoms with E-state index in [1.165, 1.54) is 12.5 Å². The molecule has 3 aromatic rings. The lowest BCUT2D eigenvalue weighted by molar-refractivity contribution is -0.368. The molecular weight excluding hydrogens is 642 g/mol. The predicted molar refractivity (Wildman–Crippen MR) is 187 cm³/mol. The number of aromatic nitrogens is 3. The highest BCUT2D eigenvalue weighted by molar-refractivity contribution is 5.94. The molecule has 2 aromatic heterocycles. The van der Waals surface area contributed by atoms with Gasteiger partial charge >= 0.3 is 5.97 Å². The zero-order chi connectivity index (χ0) is 36.3. The maximum absolute atomic E-state index is 13.4. The van der Waals surface area contributed by atoms with Crippen molar-refractivity contribution in [1.82, 2.24) is 30.9 Å². The third-order valence-corrected chi connectivity index (χ3v) is 7.76. The first-order valence-electron chi connectivity index (χ1n) is 17.0. The Kier molecular flexibility index (Phi) is 16.4. The Bertz CT molecular complexity index is 1500. The molecule has 10 N–H and O–H groups in total. The lowest BCUT2D eigenvalue weighted by Gasteiger charge is -2.25. The number of carboxylic acid groups (broad SMARTS) is 1. The first kappa shape index (κ1) is 39.1. The van der Waals surface area contributed by atoms with Crippen molar-refractivity contribution in [2.75, 3.05) is 17.2 Å². The first-order chi connectivity index (χ1) is 24.0. The number of pyridine rings is 1. The van der Waals surface area contributed by atoms with Crippen LogP contribution in [0.5, 0.6) is 0 Å². The number of carbonyl (C=O) groups is 5. The Morgan fingerprint density at radius 3 is 2.22 bits per heavy atom. The standard InChI is InChI=1S/C35H49N9O6/c1-23(2)18-28(34(48)44-29(35(49)50)19-26-21-37-22-40-26)43-33(47)27(8-3-5-16-36)42-32(46)11-7-10-31(45)41-25-14-12-24(13-15-25)20-39-30-9-4-6-17-38-30/h4,6,9,12-15,17,21-23,27-29H,3,5,7-8,10-11,16,18-20,36H2,1-2H3,(H,37,40)(H,38,39)(H,41,45)(H,42,46)(H,43,47)(H,44,48)(H,49,50)/p+1/t27-,28-,29-/m0/s1. The maximum Gasteiger partial charge on any atom is 0.326 e. The molecule has 15 heteroatoms. The normalized spacial score (nSPS) is 12.7. The zero-order valence-electron chi connectivity index (χ0n) is 28.7. The Balaban J connectivity index is 1.50. The number of H-pyrrole nitrogens is 1. The van der Waals surface area contributed by atoms with Gasteiger partial charge in [0, 0.05) is 49.6 Å². The molecule has 0 bridgehead atoms. The summed E-state index contributed by atoms with van der Waals surface area (Å²) in [7, 11) is 0. The van der Waals surface area contributed by atoms with Gasteiger partial charge in [-0.25, -0.2) is 14.8 Å². The van der Waals surface area contributed by atoms with E-state index in [-0.39, 0.29) is 43.9 Å². The zero-order valence-corrected chi connectivity index (χ0v) is 28.7. The predicted octanol–water partition coefficient (Wildman–Crippen LogP) is 1.77. The highest BCUT2D eigenvalue weighted by Gasteiger charge is 2.30. The lowest BCUT2D eigenvalue weighted by Crippen LogP contribution is -2.56. The Hall–Kier alpha value is -5.31. The Morgan fingerprint density at radius 1 is 0.860 bits per heavy atom. The largest absolute Gasteiger partial charge is 0.480 e. The van der Waals surface area contributed by atoms with Gasteiger partial charge in [0.05, 0.1) is 12.9 Å². The second kappa shape index (κ2) is 20.9. The van der Waals surface area contributed by atoms with Crippen molar-refractivity contribution in [3.05, 3.63) is 72.4 Å². The number of nitrogens with one attached hydrogen (secondary N) is 6. The van der Waals surface area contributed by atoms with E-state index in [9.17, 15) is 29.1 Å². The minimum absolute atomic E-state index is 0.000534. The molecule has 0 fully saturated rings. The molecule has 0 saturated carbocycles. The highest BCUT2D eigenvalue weighted by atomic mass is 16.4. The monoisotopic (exact) mass is 692 g/mol. The molecule has 3 rings (SSSR count). The van der Waals surface area contributed by atoms with Crippen LogP contribution in [0.25, 0.3) is 0 Å². The number of imidazole rings is 1. The number of amides is 4. The van der Waals surface area contributed by atoms with Gasteiger partial charge in [0.15, 0.2) is 0 Å². The molecule has 0 saturated heterocycles. The van der Waals surface area contributed by atoms with Crippen LogP contribution in [0.4, 0.5) is 11.5 Å². The molecule has 0 aliphatic carbocycles. The number of quaternary nitrogens is 1. The summed E-state index contributed by atoms with van der Waals surface area (Å²) >= 11 is 0. The number of aliphatic carboxylic acids is 1. The summed E-state index contributed by atoms with van der Waals surface area (Å²) in [6.07, 6.45) is 6.94. The van der Waals surface area contributed by atoms with Crippen LogP contribution in [0.3, 0.4) is 0 Å². The van der Waals surface area contributed by atoms with Crippen molar-refractivity contribution in [3.8, 4) is 0 Å². The van der Waals surface area contributed by atoms with E-state index in [0.29, 0.717) is 37.3 Å². The van der Waals surface area contributed by atoms with Crippen LogP contribution in [0, 0.1) is 5.92 Å². The fraction of sp³-hybridized carbons (Fsp3) is 0.457. The summed E-state index contributed by atoms with van der Waals surface area (Å²) in [6.45, 7) is 5.01. The van der Waals surface area contributed by atoms with Crippen LogP contribution in [0.1, 0.15) is 70.1 Å². The van der Waals surface area contributed by atoms with E-state index >= 15 is 0 Å². The van der Waals surface area contributed by atoms with E-state index in [1.807, 2.05) is 56.3 Å². The van der Waals surface area contributed by atoms with Gasteiger partial charge < -0.3 is 42.4 Å². The molecular formula is C35H50N9O6+. The van der Waals surface area contributed by atoms with Gasteiger partial charge in [-0.2, -0.15) is 0 Å². The molecule has 0 aliphatic heterocycles. The van der Waals surface area contributed by atoms with Crippen LogP contribution < -0.4 is 32.3 Å². The number of hydrogen-bond acceptors (Lipinski definition) is 8. The van der Waals surface area contributed by atoms with E-state index in [0.717, 1.165) is 17.8 Å². The van der Waals surface area contributed by atoms with Crippen LogP contribution >= 0.6 is 0 Å². The fourth-order valence-corrected chi connectivity index (χ4v) is 5.12. The third-order valence-electron chi connectivity index (χ3n) is 7.76. The molecule has 0 unspecified atom stereocenters. The van der Waals surface area contributed by atoms with Crippen LogP contribution in [-0.4, -0.2) is 74.3 Å². The average molecular weight is 693 g/mol. The van der Waals surface area contributed by atoms with Gasteiger partial charge in [0.2, 0.25) is 23.6 Å². The molecule has 0 aliphatic rings. The van der Waals surface area contributed by atoms with E-state index in [4.69, 9.17) is 0 Å². The second-order valence-corrected chi connectivity index (χ2v) is 12.5. The van der Waals surface area contributed by atoms with Crippen LogP contribution in [0.2, 0.25) is 0 Å². The quantitative estimate of drug-likeness (QED) is 0.0716. The summed E-state index contributed by atoms with van der Waals surface area (Å²) in [6, 6.07) is 9.87. The summed E-state index contributed by atoms with van der Waals surface area (Å²) in [5, 5.41) is 23.8. The SMILES string of the molecule is CC(C)C[C@H](NC(=O)[C@H](CCCC[NH3+])NC(=O)CCCC(=O)Nc1ccc(CNc2ccccn2)cc1)C(=O)N[C@@H](Cc1cnc[nH]1)C(=O)O. The van der Waals surface area contributed by atoms with E-state index in [1.54, 1.807) is 6.20 Å². The number of unbranched alkanes of at least 4 members (excludes halogenated alkanes) is 1. The number of benzene rings is 1. The van der Waals surface area contributed by atoms with Gasteiger partial charge in [-0.3, -0.25) is 19.2 Å². The summed E-state index contributed by atoms with van der Waals surface area (Å²) in [5.41, 5.74) is 6.03. The maximum atomic E-state index is 13.4. The number of carbonyl (C=O) groups excluding carboxylic acids is 4. The smallest absolute Gasteiger partial charge is 0.326 e. The summed E-state index contributed by atoms with van der Waals surface area (Å²) in [5.74, 6) is -2.27. The molecule has 0 radical (unpaired) electrons. The molecule has 15 nitrogen and oxygen atoms in total. The minimum atomic E-state index is -1.24. The van der Waals surface area contributed by atoms with Crippen molar-refractivity contribution in [3.63, 3.8) is 0 Å². The average Bonchev–Trinajstić information content (AvgIpc) is 3.60. The molecule has 270 valence electrons. The Labute approximate surface area is 292 Å². The van der Waals surface area contributed by atoms with Gasteiger partial charge in [-0.1, -0.05) is 32.0 Å². The van der Waals surface area contributed by atoms with Gasteiger partial charge in [0.1, 0.15) is 23.9 Å². The molecule has 3 atom stereocenters. The molecule has 0 spiro atoms. The van der Waals surface area contributed by atoms with Crippen LogP contribution in [0.15, 0.2) is 61.2 Å². The number of rotatable bonds is 22. The molecule has 50 heavy (non-hydrogen) atoms. The number of aromatic amines is 1. The number of hydrogen-bond donors (Lipinski definition) is 8. The fourth-order valence-electron chi connectivity index (χ4n) is 5.12. The number of anilines is 2. The van der Waals surface area contributed by atoms with Crippen molar-refractivity contribution >= 4 is 41.1 Å². The van der Waals surface area contributed by atoms with E-state index < -0.39 is 41.8 Å². The van der Waals surface area contributed by atoms with Gasteiger partial charge in [-0.05, 0) is 67.9 Å². The third kappa shape index (κ3) is 14.4. The lowest BCUT2D eigenvalue weighted by atomic mass is 10.0. The topological polar surface area (TPSA) is 235 Å². The highest BCUT2D eigenvalue weighted by Crippen LogP contribution is 2.13. The second-order valence-electron chi connectivity index (χ2n) is 12.5. The van der Waals surface area contributed by atoms with Crippen molar-refractivity contribution < 1.29 is 34.8 Å². The Morgan fingerprint density at radius 2 is 1.58 bits per heavy atom. The molecule has 4 amide bonds. The molecule has 1 aromatic carbocycles. The minimum Gasteiger partial charge on any atom is -0.480 e. The first-order valence-corrected chi connectivity index (χ1v) is 17.0.